The van der Waals surface area contributed by atoms with Gasteiger partial charge in [0, 0.05) is 17.5 Å². The Bertz CT molecular complexity index is 580. The third-order valence-corrected chi connectivity index (χ3v) is 4.60. The monoisotopic (exact) mass is 303 g/mol. The number of fused-ring (bicyclic) bond motifs is 1. The minimum Gasteiger partial charge on any atom is -0.486 e. The van der Waals surface area contributed by atoms with E-state index in [4.69, 9.17) is 9.47 Å². The predicted molar refractivity (Wildman–Crippen MR) is 86.2 cm³/mol. The first-order valence-electron chi connectivity index (χ1n) is 7.39. The summed E-state index contributed by atoms with van der Waals surface area (Å²) >= 11 is 1.81. The van der Waals surface area contributed by atoms with Gasteiger partial charge in [-0.25, -0.2) is 0 Å². The van der Waals surface area contributed by atoms with Crippen LogP contribution in [0.3, 0.4) is 0 Å². The molecule has 21 heavy (non-hydrogen) atoms. The van der Waals surface area contributed by atoms with Crippen molar-refractivity contribution >= 4 is 11.3 Å². The average molecular weight is 303 g/mol. The van der Waals surface area contributed by atoms with Gasteiger partial charge in [0.25, 0.3) is 0 Å². The van der Waals surface area contributed by atoms with Crippen LogP contribution < -0.4 is 14.8 Å². The van der Waals surface area contributed by atoms with Crippen molar-refractivity contribution in [2.45, 2.75) is 26.4 Å². The van der Waals surface area contributed by atoms with E-state index in [-0.39, 0.29) is 0 Å². The molecule has 1 aromatic carbocycles. The third kappa shape index (κ3) is 3.39. The lowest BCUT2D eigenvalue weighted by atomic mass is 10.0. The van der Waals surface area contributed by atoms with Gasteiger partial charge in [0.05, 0.1) is 0 Å². The van der Waals surface area contributed by atoms with E-state index in [1.165, 1.54) is 10.4 Å². The first-order valence-corrected chi connectivity index (χ1v) is 8.27. The molecule has 0 radical (unpaired) electrons. The first-order chi connectivity index (χ1) is 10.2. The van der Waals surface area contributed by atoms with E-state index >= 15 is 0 Å². The van der Waals surface area contributed by atoms with Crippen molar-refractivity contribution < 1.29 is 9.47 Å². The zero-order chi connectivity index (χ0) is 14.7. The molecule has 1 aliphatic heterocycles. The molecule has 1 aliphatic rings. The maximum absolute atomic E-state index is 5.64. The van der Waals surface area contributed by atoms with Crippen molar-refractivity contribution in [2.75, 3.05) is 13.2 Å². The van der Waals surface area contributed by atoms with Crippen LogP contribution in [-0.4, -0.2) is 13.2 Å². The number of nitrogens with one attached hydrogen (secondary N) is 1. The zero-order valence-electron chi connectivity index (χ0n) is 12.5. The Morgan fingerprint density at radius 2 is 1.95 bits per heavy atom. The number of rotatable bonds is 5. The van der Waals surface area contributed by atoms with Gasteiger partial charge in [0.1, 0.15) is 13.2 Å². The minimum absolute atomic E-state index is 0.387. The SMILES string of the molecule is CC(C)C(NCc1ccc2c(c1)OCCO2)c1cccs1. The van der Waals surface area contributed by atoms with Crippen molar-refractivity contribution in [2.24, 2.45) is 5.92 Å². The molecule has 1 unspecified atom stereocenters. The molecule has 1 aromatic heterocycles. The molecule has 0 aliphatic carbocycles. The molecule has 3 nitrogen and oxygen atoms in total. The van der Waals surface area contributed by atoms with Gasteiger partial charge in [-0.15, -0.1) is 11.3 Å². The van der Waals surface area contributed by atoms with Gasteiger partial charge in [-0.2, -0.15) is 0 Å². The average Bonchev–Trinajstić information content (AvgIpc) is 3.01. The van der Waals surface area contributed by atoms with E-state index in [0.717, 1.165) is 18.0 Å². The summed E-state index contributed by atoms with van der Waals surface area (Å²) < 4.78 is 11.2. The molecule has 0 spiro atoms. The normalized spacial score (nSPS) is 15.2. The molecular formula is C17H21NO2S. The highest BCUT2D eigenvalue weighted by Gasteiger charge is 2.17. The van der Waals surface area contributed by atoms with Crippen LogP contribution in [0, 0.1) is 5.92 Å². The van der Waals surface area contributed by atoms with E-state index < -0.39 is 0 Å². The Hall–Kier alpha value is -1.52. The van der Waals surface area contributed by atoms with Crippen LogP contribution in [0.25, 0.3) is 0 Å². The van der Waals surface area contributed by atoms with Crippen LogP contribution in [-0.2, 0) is 6.54 Å². The fourth-order valence-electron chi connectivity index (χ4n) is 2.56. The number of ether oxygens (including phenoxy) is 2. The number of thiophene rings is 1. The van der Waals surface area contributed by atoms with Gasteiger partial charge in [-0.1, -0.05) is 26.0 Å². The third-order valence-electron chi connectivity index (χ3n) is 3.65. The Labute approximate surface area is 129 Å². The van der Waals surface area contributed by atoms with E-state index in [0.29, 0.717) is 25.2 Å². The van der Waals surface area contributed by atoms with Crippen LogP contribution in [0.2, 0.25) is 0 Å². The quantitative estimate of drug-likeness (QED) is 0.905. The molecule has 112 valence electrons. The molecule has 4 heteroatoms. The van der Waals surface area contributed by atoms with Crippen molar-refractivity contribution in [1.29, 1.82) is 0 Å². The maximum atomic E-state index is 5.64. The Kier molecular flexibility index (Phi) is 4.46. The molecule has 0 saturated carbocycles. The molecule has 1 N–H and O–H groups in total. The molecule has 2 heterocycles. The Balaban J connectivity index is 1.68. The van der Waals surface area contributed by atoms with Gasteiger partial charge in [-0.3, -0.25) is 0 Å². The summed E-state index contributed by atoms with van der Waals surface area (Å²) in [6, 6.07) is 10.9. The van der Waals surface area contributed by atoms with Gasteiger partial charge in [-0.05, 0) is 35.1 Å². The number of benzene rings is 1. The van der Waals surface area contributed by atoms with E-state index in [1.807, 2.05) is 17.4 Å². The predicted octanol–water partition coefficient (Wildman–Crippen LogP) is 4.01. The molecule has 0 amide bonds. The highest BCUT2D eigenvalue weighted by Crippen LogP contribution is 2.31. The van der Waals surface area contributed by atoms with Crippen LogP contribution in [0.4, 0.5) is 0 Å². The van der Waals surface area contributed by atoms with Crippen LogP contribution >= 0.6 is 11.3 Å². The Morgan fingerprint density at radius 1 is 1.14 bits per heavy atom. The van der Waals surface area contributed by atoms with Gasteiger partial charge in [0.2, 0.25) is 0 Å². The van der Waals surface area contributed by atoms with Crippen molar-refractivity contribution in [3.05, 3.63) is 46.2 Å². The lowest BCUT2D eigenvalue weighted by Crippen LogP contribution is -2.24. The molecule has 2 aromatic rings. The molecule has 3 rings (SSSR count). The first kappa shape index (κ1) is 14.4. The highest BCUT2D eigenvalue weighted by molar-refractivity contribution is 7.10. The topological polar surface area (TPSA) is 30.5 Å². The fourth-order valence-corrected chi connectivity index (χ4v) is 3.53. The van der Waals surface area contributed by atoms with Crippen LogP contribution in [0.1, 0.15) is 30.3 Å². The highest BCUT2D eigenvalue weighted by atomic mass is 32.1. The maximum Gasteiger partial charge on any atom is 0.161 e. The minimum atomic E-state index is 0.387. The fraction of sp³-hybridized carbons (Fsp3) is 0.412. The summed E-state index contributed by atoms with van der Waals surface area (Å²) in [6.45, 7) is 6.60. The van der Waals surface area contributed by atoms with E-state index in [1.54, 1.807) is 0 Å². The summed E-state index contributed by atoms with van der Waals surface area (Å²) in [7, 11) is 0. The molecule has 1 atom stereocenters. The number of hydrogen-bond donors (Lipinski definition) is 1. The second kappa shape index (κ2) is 6.50. The summed E-state index contributed by atoms with van der Waals surface area (Å²) in [6.07, 6.45) is 0. The second-order valence-electron chi connectivity index (χ2n) is 5.60. The standard InChI is InChI=1S/C17H21NO2S/c1-12(2)17(16-4-3-9-21-16)18-11-13-5-6-14-15(10-13)20-8-7-19-14/h3-6,9-10,12,17-18H,7-8,11H2,1-2H3. The van der Waals surface area contributed by atoms with Gasteiger partial charge in [0.15, 0.2) is 11.5 Å². The van der Waals surface area contributed by atoms with Gasteiger partial charge >= 0.3 is 0 Å². The molecule has 0 saturated heterocycles. The zero-order valence-corrected chi connectivity index (χ0v) is 13.3. The summed E-state index contributed by atoms with van der Waals surface area (Å²) in [5, 5.41) is 5.79. The smallest absolute Gasteiger partial charge is 0.161 e. The van der Waals surface area contributed by atoms with Crippen LogP contribution in [0.5, 0.6) is 11.5 Å². The van der Waals surface area contributed by atoms with Gasteiger partial charge < -0.3 is 14.8 Å². The summed E-state index contributed by atoms with van der Waals surface area (Å²) in [4.78, 5) is 1.39. The van der Waals surface area contributed by atoms with E-state index in [2.05, 4.69) is 48.8 Å². The summed E-state index contributed by atoms with van der Waals surface area (Å²) in [5.74, 6) is 2.27. The lowest BCUT2D eigenvalue weighted by Gasteiger charge is -2.22. The van der Waals surface area contributed by atoms with Crippen molar-refractivity contribution in [3.63, 3.8) is 0 Å². The van der Waals surface area contributed by atoms with Crippen molar-refractivity contribution in [3.8, 4) is 11.5 Å². The van der Waals surface area contributed by atoms with Crippen molar-refractivity contribution in [1.82, 2.24) is 5.32 Å². The lowest BCUT2D eigenvalue weighted by molar-refractivity contribution is 0.171. The molecule has 0 bridgehead atoms. The van der Waals surface area contributed by atoms with E-state index in [9.17, 15) is 0 Å². The largest absolute Gasteiger partial charge is 0.486 e. The second-order valence-corrected chi connectivity index (χ2v) is 6.58. The molecule has 0 fully saturated rings. The number of hydrogen-bond acceptors (Lipinski definition) is 4. The Morgan fingerprint density at radius 3 is 2.67 bits per heavy atom. The molecular weight excluding hydrogens is 282 g/mol. The van der Waals surface area contributed by atoms with Crippen LogP contribution in [0.15, 0.2) is 35.7 Å². The summed E-state index contributed by atoms with van der Waals surface area (Å²) in [5.41, 5.74) is 1.22.